The Hall–Kier alpha value is -2.36. The Bertz CT molecular complexity index is 811. The van der Waals surface area contributed by atoms with Gasteiger partial charge in [0.15, 0.2) is 0 Å². The first-order chi connectivity index (χ1) is 12.8. The summed E-state index contributed by atoms with van der Waals surface area (Å²) in [7, 11) is 0. The third-order valence-electron chi connectivity index (χ3n) is 3.57. The third kappa shape index (κ3) is 6.09. The monoisotopic (exact) mass is 414 g/mol. The summed E-state index contributed by atoms with van der Waals surface area (Å²) in [6.07, 6.45) is 1.98. The topological polar surface area (TPSA) is 121 Å². The SMILES string of the molecule is CC(C)C[C@H](NC(=O)NCc1cn(-c2cc(Cl)ccc2Cl)nn1)C(=O)NO. The maximum atomic E-state index is 12.0. The third-order valence-corrected chi connectivity index (χ3v) is 4.12. The Balaban J connectivity index is 1.96. The number of hydroxylamine groups is 1. The summed E-state index contributed by atoms with van der Waals surface area (Å²) in [6.45, 7) is 3.88. The fourth-order valence-electron chi connectivity index (χ4n) is 2.32. The van der Waals surface area contributed by atoms with E-state index in [0.717, 1.165) is 0 Å². The minimum atomic E-state index is -0.851. The maximum absolute atomic E-state index is 12.0. The van der Waals surface area contributed by atoms with Gasteiger partial charge in [0, 0.05) is 5.02 Å². The molecule has 0 spiro atoms. The van der Waals surface area contributed by atoms with Gasteiger partial charge in [0.2, 0.25) is 0 Å². The highest BCUT2D eigenvalue weighted by Crippen LogP contribution is 2.23. The molecule has 0 bridgehead atoms. The Kier molecular flexibility index (Phi) is 7.40. The van der Waals surface area contributed by atoms with Gasteiger partial charge < -0.3 is 10.6 Å². The summed E-state index contributed by atoms with van der Waals surface area (Å²) in [5.74, 6) is -0.532. The molecule has 9 nitrogen and oxygen atoms in total. The molecular formula is C16H20Cl2N6O3. The van der Waals surface area contributed by atoms with E-state index in [2.05, 4.69) is 20.9 Å². The first kappa shape index (κ1) is 20.9. The van der Waals surface area contributed by atoms with E-state index in [1.807, 2.05) is 13.8 Å². The van der Waals surface area contributed by atoms with E-state index >= 15 is 0 Å². The minimum absolute atomic E-state index is 0.0825. The largest absolute Gasteiger partial charge is 0.332 e. The molecule has 2 rings (SSSR count). The number of carbonyl (C=O) groups is 2. The summed E-state index contributed by atoms with van der Waals surface area (Å²) in [5.41, 5.74) is 2.59. The molecule has 3 amide bonds. The molecular weight excluding hydrogens is 395 g/mol. The van der Waals surface area contributed by atoms with Crippen molar-refractivity contribution in [2.24, 2.45) is 5.92 Å². The average molecular weight is 415 g/mol. The normalized spacial score (nSPS) is 11.9. The molecule has 0 radical (unpaired) electrons. The second-order valence-electron chi connectivity index (χ2n) is 6.24. The molecule has 4 N–H and O–H groups in total. The second kappa shape index (κ2) is 9.54. The molecule has 2 aromatic rings. The van der Waals surface area contributed by atoms with Gasteiger partial charge >= 0.3 is 6.03 Å². The number of hydrogen-bond donors (Lipinski definition) is 4. The van der Waals surface area contributed by atoms with E-state index < -0.39 is 18.0 Å². The molecule has 0 fully saturated rings. The lowest BCUT2D eigenvalue weighted by Gasteiger charge is -2.18. The van der Waals surface area contributed by atoms with Crippen molar-refractivity contribution in [1.29, 1.82) is 0 Å². The van der Waals surface area contributed by atoms with Crippen molar-refractivity contribution >= 4 is 35.1 Å². The fourth-order valence-corrected chi connectivity index (χ4v) is 2.69. The Labute approximate surface area is 166 Å². The molecule has 1 atom stereocenters. The molecule has 11 heteroatoms. The number of nitrogens with one attached hydrogen (secondary N) is 3. The number of aromatic nitrogens is 3. The molecule has 1 aromatic heterocycles. The van der Waals surface area contributed by atoms with E-state index in [1.54, 1.807) is 29.9 Å². The predicted molar refractivity (Wildman–Crippen MR) is 99.9 cm³/mol. The van der Waals surface area contributed by atoms with Crippen LogP contribution in [0.4, 0.5) is 4.79 Å². The second-order valence-corrected chi connectivity index (χ2v) is 7.08. The molecule has 0 aliphatic carbocycles. The van der Waals surface area contributed by atoms with Gasteiger partial charge in [-0.3, -0.25) is 10.0 Å². The molecule has 0 saturated heterocycles. The number of hydrogen-bond acceptors (Lipinski definition) is 5. The van der Waals surface area contributed by atoms with Crippen LogP contribution in [0.2, 0.25) is 10.0 Å². The van der Waals surface area contributed by atoms with E-state index in [4.69, 9.17) is 28.4 Å². The van der Waals surface area contributed by atoms with Crippen LogP contribution in [-0.2, 0) is 11.3 Å². The summed E-state index contributed by atoms with van der Waals surface area (Å²) < 4.78 is 1.45. The Morgan fingerprint density at radius 2 is 2.04 bits per heavy atom. The lowest BCUT2D eigenvalue weighted by Crippen LogP contribution is -2.49. The van der Waals surface area contributed by atoms with Gasteiger partial charge in [-0.2, -0.15) is 0 Å². The van der Waals surface area contributed by atoms with Crippen LogP contribution in [0.15, 0.2) is 24.4 Å². The van der Waals surface area contributed by atoms with Gasteiger partial charge in [-0.25, -0.2) is 15.0 Å². The van der Waals surface area contributed by atoms with Gasteiger partial charge in [0.1, 0.15) is 11.7 Å². The number of halogens is 2. The van der Waals surface area contributed by atoms with Crippen LogP contribution in [0, 0.1) is 5.92 Å². The Morgan fingerprint density at radius 1 is 1.30 bits per heavy atom. The van der Waals surface area contributed by atoms with E-state index in [-0.39, 0.29) is 12.5 Å². The van der Waals surface area contributed by atoms with Crippen LogP contribution in [0.3, 0.4) is 0 Å². The van der Waals surface area contributed by atoms with Crippen molar-refractivity contribution in [3.8, 4) is 5.69 Å². The Morgan fingerprint density at radius 3 is 2.70 bits per heavy atom. The van der Waals surface area contributed by atoms with Crippen molar-refractivity contribution in [3.05, 3.63) is 40.1 Å². The van der Waals surface area contributed by atoms with Gasteiger partial charge in [-0.1, -0.05) is 42.3 Å². The van der Waals surface area contributed by atoms with Gasteiger partial charge in [-0.05, 0) is 30.5 Å². The number of nitrogens with zero attached hydrogens (tertiary/aromatic N) is 3. The molecule has 0 unspecified atom stereocenters. The van der Waals surface area contributed by atoms with Crippen LogP contribution in [0.1, 0.15) is 26.0 Å². The molecule has 1 heterocycles. The van der Waals surface area contributed by atoms with Gasteiger partial charge in [0.05, 0.1) is 23.5 Å². The average Bonchev–Trinajstić information content (AvgIpc) is 3.09. The smallest absolute Gasteiger partial charge is 0.315 e. The van der Waals surface area contributed by atoms with Crippen LogP contribution in [-0.4, -0.2) is 38.2 Å². The highest BCUT2D eigenvalue weighted by atomic mass is 35.5. The molecule has 27 heavy (non-hydrogen) atoms. The molecule has 0 saturated carbocycles. The predicted octanol–water partition coefficient (Wildman–Crippen LogP) is 2.29. The van der Waals surface area contributed by atoms with Crippen LogP contribution >= 0.6 is 23.2 Å². The lowest BCUT2D eigenvalue weighted by molar-refractivity contribution is -0.131. The van der Waals surface area contributed by atoms with Crippen LogP contribution in [0.25, 0.3) is 5.69 Å². The maximum Gasteiger partial charge on any atom is 0.315 e. The van der Waals surface area contributed by atoms with Crippen molar-refractivity contribution in [2.45, 2.75) is 32.9 Å². The lowest BCUT2D eigenvalue weighted by atomic mass is 10.0. The van der Waals surface area contributed by atoms with E-state index in [9.17, 15) is 9.59 Å². The number of benzene rings is 1. The van der Waals surface area contributed by atoms with E-state index in [1.165, 1.54) is 4.68 Å². The van der Waals surface area contributed by atoms with Crippen molar-refractivity contribution in [3.63, 3.8) is 0 Å². The van der Waals surface area contributed by atoms with Crippen LogP contribution < -0.4 is 16.1 Å². The first-order valence-electron chi connectivity index (χ1n) is 8.15. The summed E-state index contributed by atoms with van der Waals surface area (Å²) >= 11 is 12.1. The number of rotatable bonds is 7. The number of carbonyl (C=O) groups excluding carboxylic acids is 2. The molecule has 146 valence electrons. The zero-order valence-corrected chi connectivity index (χ0v) is 16.3. The summed E-state index contributed by atoms with van der Waals surface area (Å²) in [6, 6.07) is 3.53. The zero-order chi connectivity index (χ0) is 20.0. The fraction of sp³-hybridized carbons (Fsp3) is 0.375. The minimum Gasteiger partial charge on any atom is -0.332 e. The van der Waals surface area contributed by atoms with Gasteiger partial charge in [-0.15, -0.1) is 5.10 Å². The summed E-state index contributed by atoms with van der Waals surface area (Å²) in [5, 5.41) is 22.8. The standard InChI is InChI=1S/C16H20Cl2N6O3/c1-9(2)5-13(15(25)22-27)20-16(26)19-7-11-8-24(23-21-11)14-6-10(17)3-4-12(14)18/h3-4,6,8-9,13,27H,5,7H2,1-2H3,(H,22,25)(H2,19,20,26)/t13-/m0/s1. The quantitative estimate of drug-likeness (QED) is 0.409. The highest BCUT2D eigenvalue weighted by molar-refractivity contribution is 6.34. The van der Waals surface area contributed by atoms with Crippen LogP contribution in [0.5, 0.6) is 0 Å². The van der Waals surface area contributed by atoms with Crippen molar-refractivity contribution in [1.82, 2.24) is 31.1 Å². The summed E-state index contributed by atoms with van der Waals surface area (Å²) in [4.78, 5) is 23.7. The molecule has 0 aliphatic heterocycles. The van der Waals surface area contributed by atoms with Crippen molar-refractivity contribution < 1.29 is 14.8 Å². The number of urea groups is 1. The first-order valence-corrected chi connectivity index (χ1v) is 8.90. The molecule has 1 aromatic carbocycles. The van der Waals surface area contributed by atoms with E-state index in [0.29, 0.717) is 27.8 Å². The van der Waals surface area contributed by atoms with Gasteiger partial charge in [0.25, 0.3) is 5.91 Å². The highest BCUT2D eigenvalue weighted by Gasteiger charge is 2.21. The molecule has 0 aliphatic rings. The zero-order valence-electron chi connectivity index (χ0n) is 14.7. The van der Waals surface area contributed by atoms with Crippen molar-refractivity contribution in [2.75, 3.05) is 0 Å². The number of amides is 3.